The van der Waals surface area contributed by atoms with Gasteiger partial charge in [-0.2, -0.15) is 0 Å². The van der Waals surface area contributed by atoms with Crippen molar-refractivity contribution < 1.29 is 9.13 Å². The van der Waals surface area contributed by atoms with Gasteiger partial charge in [0, 0.05) is 12.7 Å². The highest BCUT2D eigenvalue weighted by Gasteiger charge is 2.08. The molecular weight excluding hydrogens is 255 g/mol. The van der Waals surface area contributed by atoms with Crippen LogP contribution in [0.4, 0.5) is 4.39 Å². The molecule has 2 rings (SSSR count). The molecule has 0 radical (unpaired) electrons. The Morgan fingerprint density at radius 2 is 2.17 bits per heavy atom. The van der Waals surface area contributed by atoms with Crippen LogP contribution in [0.3, 0.4) is 0 Å². The lowest BCUT2D eigenvalue weighted by atomic mass is 10.2. The summed E-state index contributed by atoms with van der Waals surface area (Å²) in [6.07, 6.45) is 1.64. The van der Waals surface area contributed by atoms with E-state index in [2.05, 4.69) is 4.98 Å². The molecule has 0 aliphatic carbocycles. The van der Waals surface area contributed by atoms with Crippen LogP contribution in [-0.2, 0) is 13.2 Å². The molecule has 0 spiro atoms. The quantitative estimate of drug-likeness (QED) is 0.926. The van der Waals surface area contributed by atoms with Crippen molar-refractivity contribution >= 4 is 11.6 Å². The Morgan fingerprint density at radius 3 is 2.89 bits per heavy atom. The van der Waals surface area contributed by atoms with Crippen molar-refractivity contribution in [2.24, 2.45) is 5.73 Å². The summed E-state index contributed by atoms with van der Waals surface area (Å²) in [5.41, 5.74) is 7.12. The van der Waals surface area contributed by atoms with Crippen LogP contribution in [-0.4, -0.2) is 4.98 Å². The molecule has 0 amide bonds. The van der Waals surface area contributed by atoms with Crippen molar-refractivity contribution in [3.8, 4) is 5.75 Å². The molecule has 5 heteroatoms. The second-order valence-electron chi connectivity index (χ2n) is 3.70. The maximum absolute atomic E-state index is 13.5. The number of nitrogens with zero attached hydrogens (tertiary/aromatic N) is 1. The van der Waals surface area contributed by atoms with Crippen molar-refractivity contribution in [1.29, 1.82) is 0 Å². The maximum atomic E-state index is 13.5. The van der Waals surface area contributed by atoms with Gasteiger partial charge in [-0.15, -0.1) is 0 Å². The minimum Gasteiger partial charge on any atom is -0.484 e. The second-order valence-corrected chi connectivity index (χ2v) is 4.11. The van der Waals surface area contributed by atoms with Gasteiger partial charge < -0.3 is 10.5 Å². The predicted molar refractivity (Wildman–Crippen MR) is 67.9 cm³/mol. The normalized spacial score (nSPS) is 10.4. The first-order chi connectivity index (χ1) is 8.70. The van der Waals surface area contributed by atoms with E-state index in [1.165, 1.54) is 12.1 Å². The van der Waals surface area contributed by atoms with Gasteiger partial charge in [-0.1, -0.05) is 17.7 Å². The topological polar surface area (TPSA) is 48.1 Å². The molecule has 0 saturated heterocycles. The van der Waals surface area contributed by atoms with E-state index >= 15 is 0 Å². The van der Waals surface area contributed by atoms with Crippen molar-refractivity contribution in [3.05, 3.63) is 58.6 Å². The number of benzene rings is 1. The van der Waals surface area contributed by atoms with Gasteiger partial charge in [0.15, 0.2) is 11.6 Å². The smallest absolute Gasteiger partial charge is 0.174 e. The Balaban J connectivity index is 2.11. The number of pyridine rings is 1. The lowest BCUT2D eigenvalue weighted by Gasteiger charge is -2.09. The van der Waals surface area contributed by atoms with Gasteiger partial charge >= 0.3 is 0 Å². The number of hydrogen-bond acceptors (Lipinski definition) is 3. The number of ether oxygens (including phenoxy) is 1. The van der Waals surface area contributed by atoms with Gasteiger partial charge in [-0.25, -0.2) is 4.39 Å². The summed E-state index contributed by atoms with van der Waals surface area (Å²) in [6, 6.07) is 8.02. The van der Waals surface area contributed by atoms with Crippen molar-refractivity contribution in [2.75, 3.05) is 0 Å². The van der Waals surface area contributed by atoms with E-state index in [4.69, 9.17) is 22.1 Å². The van der Waals surface area contributed by atoms with E-state index in [-0.39, 0.29) is 17.4 Å². The van der Waals surface area contributed by atoms with Crippen molar-refractivity contribution in [1.82, 2.24) is 4.98 Å². The van der Waals surface area contributed by atoms with E-state index < -0.39 is 5.82 Å². The minimum absolute atomic E-state index is 0.0604. The second kappa shape index (κ2) is 5.80. The zero-order valence-corrected chi connectivity index (χ0v) is 10.3. The van der Waals surface area contributed by atoms with Gasteiger partial charge in [0.2, 0.25) is 0 Å². The lowest BCUT2D eigenvalue weighted by Crippen LogP contribution is -2.03. The van der Waals surface area contributed by atoms with E-state index in [9.17, 15) is 4.39 Å². The molecule has 0 aliphatic heterocycles. The average molecular weight is 267 g/mol. The molecule has 2 N–H and O–H groups in total. The molecule has 1 aromatic carbocycles. The average Bonchev–Trinajstić information content (AvgIpc) is 2.38. The number of nitrogens with two attached hydrogens (primary N) is 1. The fourth-order valence-electron chi connectivity index (χ4n) is 1.51. The predicted octanol–water partition coefficient (Wildman–Crippen LogP) is 2.91. The number of aromatic nitrogens is 1. The molecule has 0 unspecified atom stereocenters. The Morgan fingerprint density at radius 1 is 1.33 bits per heavy atom. The Hall–Kier alpha value is -1.65. The molecule has 94 valence electrons. The van der Waals surface area contributed by atoms with E-state index in [0.29, 0.717) is 6.54 Å². The van der Waals surface area contributed by atoms with Gasteiger partial charge in [0.05, 0.1) is 10.7 Å². The minimum atomic E-state index is -0.476. The fourth-order valence-corrected chi connectivity index (χ4v) is 1.72. The molecule has 0 saturated carbocycles. The third kappa shape index (κ3) is 2.97. The molecule has 2 aromatic rings. The van der Waals surface area contributed by atoms with Gasteiger partial charge in [-0.3, -0.25) is 4.98 Å². The molecule has 0 aliphatic rings. The number of rotatable bonds is 4. The van der Waals surface area contributed by atoms with Crippen LogP contribution in [0.5, 0.6) is 5.75 Å². The zero-order valence-electron chi connectivity index (χ0n) is 9.57. The highest BCUT2D eigenvalue weighted by Crippen LogP contribution is 2.27. The molecule has 1 heterocycles. The van der Waals surface area contributed by atoms with Gasteiger partial charge in [-0.05, 0) is 29.8 Å². The molecule has 3 nitrogen and oxygen atoms in total. The summed E-state index contributed by atoms with van der Waals surface area (Å²) in [6.45, 7) is 0.574. The highest BCUT2D eigenvalue weighted by atomic mass is 35.5. The van der Waals surface area contributed by atoms with Crippen LogP contribution < -0.4 is 10.5 Å². The van der Waals surface area contributed by atoms with E-state index in [1.54, 1.807) is 18.3 Å². The summed E-state index contributed by atoms with van der Waals surface area (Å²) in [4.78, 5) is 4.07. The standard InChI is InChI=1S/C13H12ClFN2O/c14-11-2-1-3-12(15)13(11)18-8-9-4-5-17-10(6-9)7-16/h1-6H,7-8,16H2. The van der Waals surface area contributed by atoms with Crippen LogP contribution in [0.15, 0.2) is 36.5 Å². The number of halogens is 2. The molecule has 1 aromatic heterocycles. The van der Waals surface area contributed by atoms with Crippen LogP contribution in [0.2, 0.25) is 5.02 Å². The van der Waals surface area contributed by atoms with Crippen LogP contribution in [0, 0.1) is 5.82 Å². The number of hydrogen-bond donors (Lipinski definition) is 1. The molecule has 0 fully saturated rings. The monoisotopic (exact) mass is 266 g/mol. The molecule has 18 heavy (non-hydrogen) atoms. The zero-order chi connectivity index (χ0) is 13.0. The van der Waals surface area contributed by atoms with Crippen LogP contribution >= 0.6 is 11.6 Å². The van der Waals surface area contributed by atoms with Gasteiger partial charge in [0.25, 0.3) is 0 Å². The van der Waals surface area contributed by atoms with Crippen molar-refractivity contribution in [2.45, 2.75) is 13.2 Å². The van der Waals surface area contributed by atoms with E-state index in [0.717, 1.165) is 11.3 Å². The molecule has 0 atom stereocenters. The first kappa shape index (κ1) is 12.8. The first-order valence-electron chi connectivity index (χ1n) is 5.41. The summed E-state index contributed by atoms with van der Waals surface area (Å²) in [7, 11) is 0. The van der Waals surface area contributed by atoms with Crippen LogP contribution in [0.1, 0.15) is 11.3 Å². The van der Waals surface area contributed by atoms with Crippen molar-refractivity contribution in [3.63, 3.8) is 0 Å². The molecular formula is C13H12ClFN2O. The largest absolute Gasteiger partial charge is 0.484 e. The third-order valence-corrected chi connectivity index (χ3v) is 2.69. The SMILES string of the molecule is NCc1cc(COc2c(F)cccc2Cl)ccn1. The van der Waals surface area contributed by atoms with Crippen LogP contribution in [0.25, 0.3) is 0 Å². The first-order valence-corrected chi connectivity index (χ1v) is 5.79. The third-order valence-electron chi connectivity index (χ3n) is 2.39. The fraction of sp³-hybridized carbons (Fsp3) is 0.154. The maximum Gasteiger partial charge on any atom is 0.174 e. The number of para-hydroxylation sites is 1. The van der Waals surface area contributed by atoms with Gasteiger partial charge in [0.1, 0.15) is 6.61 Å². The highest BCUT2D eigenvalue weighted by molar-refractivity contribution is 6.32. The summed E-state index contributed by atoms with van der Waals surface area (Å²) in [5, 5.41) is 0.253. The Bertz CT molecular complexity index is 528. The summed E-state index contributed by atoms with van der Waals surface area (Å²) < 4.78 is 18.8. The van der Waals surface area contributed by atoms with E-state index in [1.807, 2.05) is 6.07 Å². The summed E-state index contributed by atoms with van der Waals surface area (Å²) >= 11 is 5.86. The summed E-state index contributed by atoms with van der Waals surface area (Å²) in [5.74, 6) is -0.416. The molecule has 0 bridgehead atoms. The Labute approximate surface area is 109 Å². The lowest BCUT2D eigenvalue weighted by molar-refractivity contribution is 0.290. The Kier molecular flexibility index (Phi) is 4.12.